The molecule has 1 atom stereocenters. The smallest absolute Gasteiger partial charge is 0.299 e. The molecule has 1 N–H and O–H groups in total. The van der Waals surface area contributed by atoms with Gasteiger partial charge in [-0.15, -0.1) is 0 Å². The Bertz CT molecular complexity index is 610. The predicted molar refractivity (Wildman–Crippen MR) is 70.4 cm³/mol. The zero-order valence-electron chi connectivity index (χ0n) is 11.2. The molecule has 6 heteroatoms. The number of halogens is 2. The molecule has 0 fully saturated rings. The van der Waals surface area contributed by atoms with Gasteiger partial charge in [-0.25, -0.2) is 0 Å². The topological polar surface area (TPSA) is 46.9 Å². The van der Waals surface area contributed by atoms with Gasteiger partial charge in [-0.1, -0.05) is 29.8 Å². The van der Waals surface area contributed by atoms with Crippen LogP contribution in [0.3, 0.4) is 0 Å². The standard InChI is InChI=1S/C14H15F2N3O/c1-9-4-3-5-10(8-9)12(13(20)18-14(15)16)11-6-7-17-19(11)2/h3-8,12,14H,1-2H3,(H,18,20). The number of rotatable bonds is 4. The highest BCUT2D eigenvalue weighted by atomic mass is 19.3. The van der Waals surface area contributed by atoms with Crippen molar-refractivity contribution in [1.82, 2.24) is 15.1 Å². The maximum Gasteiger partial charge on any atom is 0.315 e. The molecule has 0 aliphatic carbocycles. The molecule has 1 heterocycles. The molecular weight excluding hydrogens is 264 g/mol. The van der Waals surface area contributed by atoms with Crippen LogP contribution in [-0.2, 0) is 11.8 Å². The van der Waals surface area contributed by atoms with Crippen molar-refractivity contribution < 1.29 is 13.6 Å². The minimum atomic E-state index is -2.89. The number of aryl methyl sites for hydroxylation is 2. The molecule has 0 aliphatic heterocycles. The number of alkyl halides is 2. The average molecular weight is 279 g/mol. The van der Waals surface area contributed by atoms with Crippen molar-refractivity contribution in [2.75, 3.05) is 0 Å². The number of amides is 1. The highest BCUT2D eigenvalue weighted by Gasteiger charge is 2.27. The SMILES string of the molecule is Cc1cccc(C(C(=O)NC(F)F)c2ccnn2C)c1. The van der Waals surface area contributed by atoms with E-state index in [0.717, 1.165) is 5.56 Å². The number of nitrogens with zero attached hydrogens (tertiary/aromatic N) is 2. The van der Waals surface area contributed by atoms with Gasteiger partial charge in [0.25, 0.3) is 0 Å². The van der Waals surface area contributed by atoms with E-state index in [1.54, 1.807) is 30.6 Å². The van der Waals surface area contributed by atoms with Gasteiger partial charge in [0.2, 0.25) is 5.91 Å². The van der Waals surface area contributed by atoms with Crippen LogP contribution in [0.15, 0.2) is 36.5 Å². The van der Waals surface area contributed by atoms with Crippen molar-refractivity contribution in [2.45, 2.75) is 19.4 Å². The number of hydrogen-bond acceptors (Lipinski definition) is 2. The van der Waals surface area contributed by atoms with Gasteiger partial charge in [0.05, 0.1) is 5.69 Å². The molecule has 0 saturated heterocycles. The van der Waals surface area contributed by atoms with Crippen molar-refractivity contribution in [3.05, 3.63) is 53.3 Å². The van der Waals surface area contributed by atoms with E-state index in [-0.39, 0.29) is 0 Å². The first-order valence-corrected chi connectivity index (χ1v) is 6.12. The van der Waals surface area contributed by atoms with Crippen molar-refractivity contribution >= 4 is 5.91 Å². The summed E-state index contributed by atoms with van der Waals surface area (Å²) in [6.07, 6.45) is 1.54. The second-order valence-corrected chi connectivity index (χ2v) is 4.54. The molecule has 20 heavy (non-hydrogen) atoms. The second kappa shape index (κ2) is 5.81. The Morgan fingerprint density at radius 3 is 2.65 bits per heavy atom. The summed E-state index contributed by atoms with van der Waals surface area (Å²) in [5.41, 5.74) is 2.18. The molecule has 1 amide bonds. The second-order valence-electron chi connectivity index (χ2n) is 4.54. The summed E-state index contributed by atoms with van der Waals surface area (Å²) in [5, 5.41) is 5.66. The Morgan fingerprint density at radius 2 is 2.10 bits per heavy atom. The highest BCUT2D eigenvalue weighted by Crippen LogP contribution is 2.25. The molecule has 0 saturated carbocycles. The Morgan fingerprint density at radius 1 is 1.35 bits per heavy atom. The lowest BCUT2D eigenvalue weighted by molar-refractivity contribution is -0.125. The van der Waals surface area contributed by atoms with Crippen LogP contribution in [0.4, 0.5) is 8.78 Å². The third kappa shape index (κ3) is 3.01. The fourth-order valence-electron chi connectivity index (χ4n) is 2.16. The van der Waals surface area contributed by atoms with Crippen LogP contribution in [0.5, 0.6) is 0 Å². The molecule has 106 valence electrons. The van der Waals surface area contributed by atoms with Gasteiger partial charge in [0.15, 0.2) is 0 Å². The first-order valence-electron chi connectivity index (χ1n) is 6.12. The minimum Gasteiger partial charge on any atom is -0.299 e. The molecule has 0 spiro atoms. The zero-order valence-corrected chi connectivity index (χ0v) is 11.2. The van der Waals surface area contributed by atoms with Gasteiger partial charge >= 0.3 is 6.55 Å². The summed E-state index contributed by atoms with van der Waals surface area (Å²) >= 11 is 0. The van der Waals surface area contributed by atoms with Crippen LogP contribution in [0.1, 0.15) is 22.7 Å². The van der Waals surface area contributed by atoms with Gasteiger partial charge in [-0.2, -0.15) is 13.9 Å². The first kappa shape index (κ1) is 14.2. The van der Waals surface area contributed by atoms with E-state index in [1.165, 1.54) is 10.9 Å². The summed E-state index contributed by atoms with van der Waals surface area (Å²) in [5.74, 6) is -1.55. The maximum atomic E-state index is 12.4. The van der Waals surface area contributed by atoms with Crippen molar-refractivity contribution in [3.63, 3.8) is 0 Å². The summed E-state index contributed by atoms with van der Waals surface area (Å²) in [6, 6.07) is 8.88. The van der Waals surface area contributed by atoms with E-state index >= 15 is 0 Å². The van der Waals surface area contributed by atoms with E-state index in [0.29, 0.717) is 11.3 Å². The highest BCUT2D eigenvalue weighted by molar-refractivity contribution is 5.86. The number of benzene rings is 1. The molecule has 2 rings (SSSR count). The lowest BCUT2D eigenvalue weighted by Gasteiger charge is -2.18. The summed E-state index contributed by atoms with van der Waals surface area (Å²) in [6.45, 7) is -1.00. The normalized spacial score (nSPS) is 12.4. The van der Waals surface area contributed by atoms with Crippen molar-refractivity contribution in [2.24, 2.45) is 7.05 Å². The van der Waals surface area contributed by atoms with Gasteiger partial charge < -0.3 is 0 Å². The number of aromatic nitrogens is 2. The number of carbonyl (C=O) groups is 1. The Balaban J connectivity index is 2.44. The quantitative estimate of drug-likeness (QED) is 0.872. The molecule has 2 aromatic rings. The zero-order chi connectivity index (χ0) is 14.7. The van der Waals surface area contributed by atoms with E-state index in [4.69, 9.17) is 0 Å². The van der Waals surface area contributed by atoms with E-state index in [2.05, 4.69) is 5.10 Å². The molecule has 1 aromatic heterocycles. The van der Waals surface area contributed by atoms with Crippen LogP contribution >= 0.6 is 0 Å². The minimum absolute atomic E-state index is 0.564. The summed E-state index contributed by atoms with van der Waals surface area (Å²) < 4.78 is 26.4. The van der Waals surface area contributed by atoms with Crippen LogP contribution in [-0.4, -0.2) is 22.2 Å². The van der Waals surface area contributed by atoms with Gasteiger partial charge in [-0.3, -0.25) is 14.8 Å². The lowest BCUT2D eigenvalue weighted by Crippen LogP contribution is -2.34. The van der Waals surface area contributed by atoms with Crippen LogP contribution in [0.2, 0.25) is 0 Å². The molecule has 1 aromatic carbocycles. The van der Waals surface area contributed by atoms with Crippen molar-refractivity contribution in [3.8, 4) is 0 Å². The van der Waals surface area contributed by atoms with Crippen molar-refractivity contribution in [1.29, 1.82) is 0 Å². The number of carbonyl (C=O) groups excluding carboxylic acids is 1. The molecule has 4 nitrogen and oxygen atoms in total. The average Bonchev–Trinajstić information content (AvgIpc) is 2.75. The molecule has 0 radical (unpaired) electrons. The van der Waals surface area contributed by atoms with Gasteiger partial charge in [-0.05, 0) is 18.6 Å². The number of nitrogens with one attached hydrogen (secondary N) is 1. The molecule has 0 bridgehead atoms. The van der Waals surface area contributed by atoms with E-state index in [1.807, 2.05) is 19.1 Å². The van der Waals surface area contributed by atoms with Crippen LogP contribution in [0.25, 0.3) is 0 Å². The van der Waals surface area contributed by atoms with E-state index in [9.17, 15) is 13.6 Å². The summed E-state index contributed by atoms with van der Waals surface area (Å²) in [4.78, 5) is 12.1. The number of hydrogen-bond donors (Lipinski definition) is 1. The third-order valence-corrected chi connectivity index (χ3v) is 3.04. The lowest BCUT2D eigenvalue weighted by atomic mass is 9.93. The maximum absolute atomic E-state index is 12.4. The molecule has 1 unspecified atom stereocenters. The molecular formula is C14H15F2N3O. The van der Waals surface area contributed by atoms with Crippen LogP contribution < -0.4 is 5.32 Å². The fraction of sp³-hybridized carbons (Fsp3) is 0.286. The monoisotopic (exact) mass is 279 g/mol. The fourth-order valence-corrected chi connectivity index (χ4v) is 2.16. The first-order chi connectivity index (χ1) is 9.49. The largest absolute Gasteiger partial charge is 0.315 e. The van der Waals surface area contributed by atoms with Crippen LogP contribution in [0, 0.1) is 6.92 Å². The third-order valence-electron chi connectivity index (χ3n) is 3.04. The summed E-state index contributed by atoms with van der Waals surface area (Å²) in [7, 11) is 1.67. The van der Waals surface area contributed by atoms with Gasteiger partial charge in [0, 0.05) is 13.2 Å². The van der Waals surface area contributed by atoms with E-state index < -0.39 is 18.4 Å². The van der Waals surface area contributed by atoms with Gasteiger partial charge in [0.1, 0.15) is 5.92 Å². The molecule has 0 aliphatic rings. The Kier molecular flexibility index (Phi) is 4.12. The predicted octanol–water partition coefficient (Wildman–Crippen LogP) is 2.20. The Hall–Kier alpha value is -2.24. The Labute approximate surface area is 115 Å².